The van der Waals surface area contributed by atoms with Gasteiger partial charge < -0.3 is 4.42 Å². The van der Waals surface area contributed by atoms with Crippen molar-refractivity contribution in [3.05, 3.63) is 64.8 Å². The van der Waals surface area contributed by atoms with Crippen LogP contribution in [0.2, 0.25) is 5.02 Å². The molecule has 3 aromatic rings. The van der Waals surface area contributed by atoms with Crippen molar-refractivity contribution < 1.29 is 17.2 Å². The molecule has 0 unspecified atom stereocenters. The molecule has 6 nitrogen and oxygen atoms in total. The molecular formula is C16H13ClFN3O3S. The highest BCUT2D eigenvalue weighted by Gasteiger charge is 2.17. The molecule has 0 spiro atoms. The van der Waals surface area contributed by atoms with E-state index in [0.717, 1.165) is 5.56 Å². The highest BCUT2D eigenvalue weighted by atomic mass is 35.5. The normalized spacial score (nSPS) is 11.6. The van der Waals surface area contributed by atoms with Crippen molar-refractivity contribution in [2.24, 2.45) is 0 Å². The first-order valence-corrected chi connectivity index (χ1v) is 9.05. The maximum absolute atomic E-state index is 12.9. The van der Waals surface area contributed by atoms with E-state index in [-0.39, 0.29) is 29.0 Å². The number of nitrogens with one attached hydrogen (secondary N) is 1. The van der Waals surface area contributed by atoms with E-state index in [1.165, 1.54) is 36.4 Å². The molecule has 0 radical (unpaired) electrons. The average Bonchev–Trinajstić information content (AvgIpc) is 3.05. The minimum absolute atomic E-state index is 0.0429. The molecule has 0 saturated heterocycles. The van der Waals surface area contributed by atoms with E-state index in [1.54, 1.807) is 13.0 Å². The van der Waals surface area contributed by atoms with Gasteiger partial charge in [0.25, 0.3) is 0 Å². The van der Waals surface area contributed by atoms with Crippen LogP contribution in [-0.4, -0.2) is 18.6 Å². The summed E-state index contributed by atoms with van der Waals surface area (Å²) in [4.78, 5) is 0.0429. The SMILES string of the molecule is Cc1ccc(S(=O)(=O)NCc2nnc(-c3ccc(F)cc3)o2)cc1Cl. The molecule has 2 aromatic carbocycles. The molecular weight excluding hydrogens is 369 g/mol. The molecule has 1 aromatic heterocycles. The Kier molecular flexibility index (Phi) is 4.85. The molecule has 9 heteroatoms. The fourth-order valence-corrected chi connectivity index (χ4v) is 3.26. The van der Waals surface area contributed by atoms with Gasteiger partial charge in [-0.2, -0.15) is 0 Å². The maximum atomic E-state index is 12.9. The van der Waals surface area contributed by atoms with Crippen molar-refractivity contribution in [2.45, 2.75) is 18.4 Å². The molecule has 3 rings (SSSR count). The van der Waals surface area contributed by atoms with Crippen molar-refractivity contribution >= 4 is 21.6 Å². The van der Waals surface area contributed by atoms with E-state index >= 15 is 0 Å². The average molecular weight is 382 g/mol. The number of hydrogen-bond acceptors (Lipinski definition) is 5. The van der Waals surface area contributed by atoms with Crippen molar-refractivity contribution in [1.29, 1.82) is 0 Å². The Morgan fingerprint density at radius 3 is 2.56 bits per heavy atom. The predicted octanol–water partition coefficient (Wildman–Crippen LogP) is 3.32. The minimum Gasteiger partial charge on any atom is -0.419 e. The Balaban J connectivity index is 1.73. The molecule has 0 saturated carbocycles. The van der Waals surface area contributed by atoms with Crippen molar-refractivity contribution in [1.82, 2.24) is 14.9 Å². The van der Waals surface area contributed by atoms with Crippen LogP contribution in [0.25, 0.3) is 11.5 Å². The van der Waals surface area contributed by atoms with Gasteiger partial charge in [0.15, 0.2) is 0 Å². The summed E-state index contributed by atoms with van der Waals surface area (Å²) < 4.78 is 45.2. The minimum atomic E-state index is -3.77. The van der Waals surface area contributed by atoms with E-state index < -0.39 is 10.0 Å². The van der Waals surface area contributed by atoms with Gasteiger partial charge in [0.2, 0.25) is 21.8 Å². The smallest absolute Gasteiger partial charge is 0.247 e. The van der Waals surface area contributed by atoms with Crippen LogP contribution in [-0.2, 0) is 16.6 Å². The van der Waals surface area contributed by atoms with Crippen LogP contribution >= 0.6 is 11.6 Å². The predicted molar refractivity (Wildman–Crippen MR) is 89.9 cm³/mol. The second-order valence-electron chi connectivity index (χ2n) is 5.24. The fourth-order valence-electron chi connectivity index (χ4n) is 2.01. The number of benzene rings is 2. The topological polar surface area (TPSA) is 85.1 Å². The number of nitrogens with zero attached hydrogens (tertiary/aromatic N) is 2. The largest absolute Gasteiger partial charge is 0.419 e. The quantitative estimate of drug-likeness (QED) is 0.732. The van der Waals surface area contributed by atoms with Gasteiger partial charge in [-0.3, -0.25) is 0 Å². The summed E-state index contributed by atoms with van der Waals surface area (Å²) in [5.74, 6) is -0.123. The van der Waals surface area contributed by atoms with Gasteiger partial charge in [0, 0.05) is 10.6 Å². The van der Waals surface area contributed by atoms with Crippen LogP contribution in [0.15, 0.2) is 51.8 Å². The van der Waals surface area contributed by atoms with Gasteiger partial charge in [-0.1, -0.05) is 17.7 Å². The lowest BCUT2D eigenvalue weighted by molar-refractivity contribution is 0.494. The zero-order valence-electron chi connectivity index (χ0n) is 13.0. The van der Waals surface area contributed by atoms with Crippen LogP contribution < -0.4 is 4.72 Å². The Morgan fingerprint density at radius 2 is 1.88 bits per heavy atom. The van der Waals surface area contributed by atoms with E-state index in [2.05, 4.69) is 14.9 Å². The third-order valence-electron chi connectivity index (χ3n) is 3.43. The third kappa shape index (κ3) is 4.04. The van der Waals surface area contributed by atoms with Gasteiger partial charge in [0.1, 0.15) is 5.82 Å². The van der Waals surface area contributed by atoms with Gasteiger partial charge in [-0.15, -0.1) is 10.2 Å². The highest BCUT2D eigenvalue weighted by Crippen LogP contribution is 2.21. The first kappa shape index (κ1) is 17.5. The van der Waals surface area contributed by atoms with Crippen molar-refractivity contribution in [3.63, 3.8) is 0 Å². The van der Waals surface area contributed by atoms with Gasteiger partial charge in [-0.25, -0.2) is 17.5 Å². The Morgan fingerprint density at radius 1 is 1.16 bits per heavy atom. The molecule has 0 bridgehead atoms. The molecule has 0 aliphatic rings. The molecule has 25 heavy (non-hydrogen) atoms. The zero-order chi connectivity index (χ0) is 18.0. The standard InChI is InChI=1S/C16H13ClFN3O3S/c1-10-2-7-13(8-14(10)17)25(22,23)19-9-15-20-21-16(24-15)11-3-5-12(18)6-4-11/h2-8,19H,9H2,1H3. The number of aromatic nitrogens is 2. The fraction of sp³-hybridized carbons (Fsp3) is 0.125. The summed E-state index contributed by atoms with van der Waals surface area (Å²) in [6.07, 6.45) is 0. The first-order chi connectivity index (χ1) is 11.8. The summed E-state index contributed by atoms with van der Waals surface area (Å²) in [6.45, 7) is 1.60. The summed E-state index contributed by atoms with van der Waals surface area (Å²) in [6, 6.07) is 9.97. The first-order valence-electron chi connectivity index (χ1n) is 7.19. The summed E-state index contributed by atoms with van der Waals surface area (Å²) >= 11 is 5.96. The lowest BCUT2D eigenvalue weighted by Gasteiger charge is -2.06. The third-order valence-corrected chi connectivity index (χ3v) is 5.23. The Bertz CT molecular complexity index is 1000. The lowest BCUT2D eigenvalue weighted by atomic mass is 10.2. The van der Waals surface area contributed by atoms with Crippen LogP contribution in [0.5, 0.6) is 0 Å². The van der Waals surface area contributed by atoms with Gasteiger partial charge >= 0.3 is 0 Å². The Hall–Kier alpha value is -2.29. The van der Waals surface area contributed by atoms with E-state index in [0.29, 0.717) is 10.6 Å². The van der Waals surface area contributed by atoms with Crippen LogP contribution in [0.1, 0.15) is 11.5 Å². The van der Waals surface area contributed by atoms with Crippen LogP contribution in [0.3, 0.4) is 0 Å². The van der Waals surface area contributed by atoms with E-state index in [1.807, 2.05) is 0 Å². The summed E-state index contributed by atoms with van der Waals surface area (Å²) in [5, 5.41) is 7.96. The molecule has 0 aliphatic heterocycles. The molecule has 1 N–H and O–H groups in total. The van der Waals surface area contributed by atoms with Crippen LogP contribution in [0, 0.1) is 12.7 Å². The van der Waals surface area contributed by atoms with Gasteiger partial charge in [0.05, 0.1) is 11.4 Å². The summed E-state index contributed by atoms with van der Waals surface area (Å²) in [7, 11) is -3.77. The van der Waals surface area contributed by atoms with Gasteiger partial charge in [-0.05, 0) is 48.9 Å². The molecule has 0 amide bonds. The number of rotatable bonds is 5. The maximum Gasteiger partial charge on any atom is 0.247 e. The van der Waals surface area contributed by atoms with E-state index in [9.17, 15) is 12.8 Å². The zero-order valence-corrected chi connectivity index (χ0v) is 14.6. The lowest BCUT2D eigenvalue weighted by Crippen LogP contribution is -2.23. The Labute approximate surface area is 148 Å². The second-order valence-corrected chi connectivity index (χ2v) is 7.42. The number of halogens is 2. The van der Waals surface area contributed by atoms with Crippen LogP contribution in [0.4, 0.5) is 4.39 Å². The van der Waals surface area contributed by atoms with Crippen molar-refractivity contribution in [2.75, 3.05) is 0 Å². The number of aryl methyl sites for hydroxylation is 1. The highest BCUT2D eigenvalue weighted by molar-refractivity contribution is 7.89. The number of sulfonamides is 1. The monoisotopic (exact) mass is 381 g/mol. The molecule has 0 fully saturated rings. The molecule has 0 atom stereocenters. The molecule has 0 aliphatic carbocycles. The molecule has 130 valence electrons. The van der Waals surface area contributed by atoms with Crippen molar-refractivity contribution in [3.8, 4) is 11.5 Å². The second kappa shape index (κ2) is 6.91. The molecule has 1 heterocycles. The summed E-state index contributed by atoms with van der Waals surface area (Å²) in [5.41, 5.74) is 1.31. The number of hydrogen-bond donors (Lipinski definition) is 1. The van der Waals surface area contributed by atoms with E-state index in [4.69, 9.17) is 16.0 Å².